The van der Waals surface area contributed by atoms with E-state index in [1.165, 1.54) is 11.3 Å². The first-order valence-electron chi connectivity index (χ1n) is 7.85. The molecule has 0 aromatic carbocycles. The predicted octanol–water partition coefficient (Wildman–Crippen LogP) is 3.35. The molecule has 25 heavy (non-hydrogen) atoms. The second kappa shape index (κ2) is 8.32. The Bertz CT molecular complexity index is 836. The number of rotatable bonds is 6. The highest BCUT2D eigenvalue weighted by Crippen LogP contribution is 2.25. The van der Waals surface area contributed by atoms with Crippen molar-refractivity contribution in [1.29, 1.82) is 0 Å². The molecule has 3 aromatic rings. The zero-order valence-corrected chi connectivity index (χ0v) is 14.5. The first-order chi connectivity index (χ1) is 12.2. The molecule has 3 heterocycles. The van der Waals surface area contributed by atoms with Gasteiger partial charge in [-0.1, -0.05) is 13.0 Å². The summed E-state index contributed by atoms with van der Waals surface area (Å²) in [4.78, 5) is 24.9. The molecular formula is C17H18N6OS. The SMILES string of the molecule is CCNCc1cccc(NC(=O)Nc2csc(-c3ccncc3)n2)n1. The molecule has 0 saturated heterocycles. The van der Waals surface area contributed by atoms with E-state index in [1.54, 1.807) is 23.8 Å². The lowest BCUT2D eigenvalue weighted by Crippen LogP contribution is -2.21. The summed E-state index contributed by atoms with van der Waals surface area (Å²) < 4.78 is 0. The number of nitrogens with one attached hydrogen (secondary N) is 3. The van der Waals surface area contributed by atoms with Gasteiger partial charge in [-0.05, 0) is 30.8 Å². The average Bonchev–Trinajstić information content (AvgIpc) is 3.09. The fourth-order valence-electron chi connectivity index (χ4n) is 2.12. The summed E-state index contributed by atoms with van der Waals surface area (Å²) in [5.41, 5.74) is 1.83. The maximum absolute atomic E-state index is 12.1. The van der Waals surface area contributed by atoms with Gasteiger partial charge >= 0.3 is 6.03 Å². The molecule has 128 valence electrons. The number of thiazole rings is 1. The molecule has 0 saturated carbocycles. The van der Waals surface area contributed by atoms with E-state index >= 15 is 0 Å². The summed E-state index contributed by atoms with van der Waals surface area (Å²) in [6.07, 6.45) is 3.42. The topological polar surface area (TPSA) is 91.8 Å². The van der Waals surface area contributed by atoms with E-state index in [0.29, 0.717) is 18.2 Å². The molecule has 0 aliphatic carbocycles. The summed E-state index contributed by atoms with van der Waals surface area (Å²) in [5.74, 6) is 0.996. The lowest BCUT2D eigenvalue weighted by Gasteiger charge is -2.07. The minimum atomic E-state index is -0.375. The normalized spacial score (nSPS) is 10.4. The zero-order valence-electron chi connectivity index (χ0n) is 13.7. The Labute approximate surface area is 149 Å². The number of nitrogens with zero attached hydrogens (tertiary/aromatic N) is 3. The lowest BCUT2D eigenvalue weighted by atomic mass is 10.3. The maximum Gasteiger partial charge on any atom is 0.326 e. The first-order valence-corrected chi connectivity index (χ1v) is 8.73. The highest BCUT2D eigenvalue weighted by Gasteiger charge is 2.09. The van der Waals surface area contributed by atoms with Gasteiger partial charge in [0.1, 0.15) is 16.6 Å². The summed E-state index contributed by atoms with van der Waals surface area (Å²) in [6, 6.07) is 8.90. The Balaban J connectivity index is 1.60. The predicted molar refractivity (Wildman–Crippen MR) is 99.6 cm³/mol. The molecule has 3 N–H and O–H groups in total. The highest BCUT2D eigenvalue weighted by atomic mass is 32.1. The Hall–Kier alpha value is -2.84. The van der Waals surface area contributed by atoms with Crippen molar-refractivity contribution >= 4 is 29.0 Å². The molecule has 0 bridgehead atoms. The van der Waals surface area contributed by atoms with Gasteiger partial charge in [0.2, 0.25) is 0 Å². The fourth-order valence-corrected chi connectivity index (χ4v) is 2.88. The molecule has 0 radical (unpaired) electrons. The quantitative estimate of drug-likeness (QED) is 0.631. The van der Waals surface area contributed by atoms with Crippen LogP contribution in [0.5, 0.6) is 0 Å². The Kier molecular flexibility index (Phi) is 5.65. The van der Waals surface area contributed by atoms with Crippen LogP contribution in [-0.4, -0.2) is 27.5 Å². The van der Waals surface area contributed by atoms with Crippen LogP contribution in [0.4, 0.5) is 16.4 Å². The van der Waals surface area contributed by atoms with Gasteiger partial charge in [0.15, 0.2) is 0 Å². The van der Waals surface area contributed by atoms with Gasteiger partial charge in [-0.25, -0.2) is 14.8 Å². The Morgan fingerprint density at radius 3 is 2.68 bits per heavy atom. The van der Waals surface area contributed by atoms with E-state index in [2.05, 4.69) is 30.9 Å². The van der Waals surface area contributed by atoms with Gasteiger partial charge < -0.3 is 5.32 Å². The number of aromatic nitrogens is 3. The van der Waals surface area contributed by atoms with Gasteiger partial charge in [-0.15, -0.1) is 11.3 Å². The number of urea groups is 1. The highest BCUT2D eigenvalue weighted by molar-refractivity contribution is 7.13. The molecule has 0 fully saturated rings. The van der Waals surface area contributed by atoms with Crippen molar-refractivity contribution in [2.45, 2.75) is 13.5 Å². The van der Waals surface area contributed by atoms with Gasteiger partial charge in [-0.3, -0.25) is 15.6 Å². The van der Waals surface area contributed by atoms with Gasteiger partial charge in [-0.2, -0.15) is 0 Å². The molecule has 0 aliphatic rings. The van der Waals surface area contributed by atoms with Crippen LogP contribution in [-0.2, 0) is 6.54 Å². The number of hydrogen-bond acceptors (Lipinski definition) is 6. The van der Waals surface area contributed by atoms with Crippen LogP contribution in [0.25, 0.3) is 10.6 Å². The van der Waals surface area contributed by atoms with Crippen molar-refractivity contribution in [2.24, 2.45) is 0 Å². The van der Waals surface area contributed by atoms with E-state index < -0.39 is 0 Å². The summed E-state index contributed by atoms with van der Waals surface area (Å²) in [7, 11) is 0. The summed E-state index contributed by atoms with van der Waals surface area (Å²) >= 11 is 1.46. The van der Waals surface area contributed by atoms with E-state index in [1.807, 2.05) is 31.2 Å². The van der Waals surface area contributed by atoms with E-state index in [-0.39, 0.29) is 6.03 Å². The molecule has 0 unspecified atom stereocenters. The van der Waals surface area contributed by atoms with Crippen molar-refractivity contribution in [3.63, 3.8) is 0 Å². The van der Waals surface area contributed by atoms with Crippen LogP contribution in [0.2, 0.25) is 0 Å². The van der Waals surface area contributed by atoms with Gasteiger partial charge in [0.25, 0.3) is 0 Å². The van der Waals surface area contributed by atoms with E-state index in [0.717, 1.165) is 22.8 Å². The number of pyridine rings is 2. The van der Waals surface area contributed by atoms with Crippen molar-refractivity contribution in [1.82, 2.24) is 20.3 Å². The van der Waals surface area contributed by atoms with Crippen LogP contribution in [0.1, 0.15) is 12.6 Å². The van der Waals surface area contributed by atoms with E-state index in [9.17, 15) is 4.79 Å². The maximum atomic E-state index is 12.1. The van der Waals surface area contributed by atoms with Crippen LogP contribution in [0.15, 0.2) is 48.1 Å². The van der Waals surface area contributed by atoms with Crippen LogP contribution in [0, 0.1) is 0 Å². The third-order valence-electron chi connectivity index (χ3n) is 3.28. The smallest absolute Gasteiger partial charge is 0.311 e. The average molecular weight is 354 g/mol. The van der Waals surface area contributed by atoms with Crippen molar-refractivity contribution in [3.05, 3.63) is 53.8 Å². The molecule has 3 aromatic heterocycles. The summed E-state index contributed by atoms with van der Waals surface area (Å²) in [6.45, 7) is 3.56. The summed E-state index contributed by atoms with van der Waals surface area (Å²) in [5, 5.41) is 11.3. The van der Waals surface area contributed by atoms with Crippen molar-refractivity contribution in [2.75, 3.05) is 17.2 Å². The molecule has 8 heteroatoms. The molecule has 0 atom stereocenters. The number of anilines is 2. The second-order valence-corrected chi connectivity index (χ2v) is 6.01. The number of hydrogen-bond donors (Lipinski definition) is 3. The van der Waals surface area contributed by atoms with Crippen LogP contribution >= 0.6 is 11.3 Å². The molecule has 2 amide bonds. The minimum Gasteiger partial charge on any atom is -0.311 e. The minimum absolute atomic E-state index is 0.375. The monoisotopic (exact) mass is 354 g/mol. The Morgan fingerprint density at radius 2 is 1.88 bits per heavy atom. The van der Waals surface area contributed by atoms with Crippen molar-refractivity contribution < 1.29 is 4.79 Å². The third-order valence-corrected chi connectivity index (χ3v) is 4.17. The van der Waals surface area contributed by atoms with Crippen LogP contribution < -0.4 is 16.0 Å². The Morgan fingerprint density at radius 1 is 1.08 bits per heavy atom. The first kappa shape index (κ1) is 17.0. The van der Waals surface area contributed by atoms with Crippen LogP contribution in [0.3, 0.4) is 0 Å². The second-order valence-electron chi connectivity index (χ2n) is 5.15. The number of amides is 2. The number of carbonyl (C=O) groups excluding carboxylic acids is 1. The third kappa shape index (κ3) is 4.82. The molecular weight excluding hydrogens is 336 g/mol. The molecule has 0 spiro atoms. The van der Waals surface area contributed by atoms with Crippen molar-refractivity contribution in [3.8, 4) is 10.6 Å². The fraction of sp³-hybridized carbons (Fsp3) is 0.176. The van der Waals surface area contributed by atoms with Gasteiger partial charge in [0.05, 0.1) is 5.69 Å². The standard InChI is InChI=1S/C17H18N6OS/c1-2-18-10-13-4-3-5-14(20-13)22-17(24)23-15-11-25-16(21-15)12-6-8-19-9-7-12/h3-9,11,18H,2,10H2,1H3,(H2,20,22,23,24). The molecule has 0 aliphatic heterocycles. The largest absolute Gasteiger partial charge is 0.326 e. The van der Waals surface area contributed by atoms with E-state index in [4.69, 9.17) is 0 Å². The zero-order chi connectivity index (χ0) is 17.5. The molecule has 3 rings (SSSR count). The lowest BCUT2D eigenvalue weighted by molar-refractivity contribution is 0.262. The van der Waals surface area contributed by atoms with Gasteiger partial charge in [0, 0.05) is 29.9 Å². The molecule has 7 nitrogen and oxygen atoms in total. The number of carbonyl (C=O) groups is 1.